The molecule has 1 heterocycles. The maximum atomic E-state index is 9.95. The number of aliphatic hydroxyl groups is 1. The van der Waals surface area contributed by atoms with Gasteiger partial charge in [0.05, 0.1) is 35.1 Å². The smallest absolute Gasteiger partial charge is 0.122 e. The van der Waals surface area contributed by atoms with Crippen LogP contribution in [-0.2, 0) is 0 Å². The Labute approximate surface area is 136 Å². The number of ether oxygens (including phenoxy) is 1. The molecule has 0 amide bonds. The van der Waals surface area contributed by atoms with Gasteiger partial charge >= 0.3 is 0 Å². The fourth-order valence-electron chi connectivity index (χ4n) is 3.16. The molecule has 0 saturated heterocycles. The van der Waals surface area contributed by atoms with Gasteiger partial charge in [0, 0.05) is 18.2 Å². The molecule has 0 aliphatic heterocycles. The Morgan fingerprint density at radius 1 is 1.48 bits per heavy atom. The topological polar surface area (TPSA) is 71.1 Å². The molecule has 0 bridgehead atoms. The summed E-state index contributed by atoms with van der Waals surface area (Å²) >= 11 is 0. The molecule has 0 atom stereocenters. The quantitative estimate of drug-likeness (QED) is 0.918. The summed E-state index contributed by atoms with van der Waals surface area (Å²) in [6, 6.07) is 6.14. The molecule has 0 unspecified atom stereocenters. The first-order valence-corrected chi connectivity index (χ1v) is 8.15. The van der Waals surface area contributed by atoms with Crippen molar-refractivity contribution in [3.05, 3.63) is 24.0 Å². The van der Waals surface area contributed by atoms with Gasteiger partial charge in [-0.05, 0) is 32.1 Å². The first-order valence-electron chi connectivity index (χ1n) is 8.15. The molecule has 23 heavy (non-hydrogen) atoms. The summed E-state index contributed by atoms with van der Waals surface area (Å²) in [5, 5.41) is 19.4. The van der Waals surface area contributed by atoms with E-state index in [1.54, 1.807) is 12.4 Å². The third-order valence-electron chi connectivity index (χ3n) is 4.47. The standard InChI is InChI=1S/C18H23N3O2/c1-12(2)4-5-23-15-6-13(10-19)17-16(7-15)20-11-21(17)14-8-18(3,22)9-14/h6-7,11-12,14,22H,4-5,8-9H2,1-3H3/t14-,18-. The van der Waals surface area contributed by atoms with Crippen LogP contribution in [0.3, 0.4) is 0 Å². The second-order valence-corrected chi connectivity index (χ2v) is 7.19. The summed E-state index contributed by atoms with van der Waals surface area (Å²) in [4.78, 5) is 4.43. The zero-order valence-corrected chi connectivity index (χ0v) is 13.9. The Kier molecular flexibility index (Phi) is 4.03. The average Bonchev–Trinajstić information content (AvgIpc) is 2.87. The van der Waals surface area contributed by atoms with Gasteiger partial charge in [-0.3, -0.25) is 0 Å². The van der Waals surface area contributed by atoms with Gasteiger partial charge in [-0.25, -0.2) is 4.98 Å². The van der Waals surface area contributed by atoms with Crippen molar-refractivity contribution in [2.45, 2.75) is 51.7 Å². The highest BCUT2D eigenvalue weighted by atomic mass is 16.5. The maximum absolute atomic E-state index is 9.95. The van der Waals surface area contributed by atoms with Gasteiger partial charge in [-0.15, -0.1) is 0 Å². The Morgan fingerprint density at radius 3 is 2.83 bits per heavy atom. The Bertz CT molecular complexity index is 747. The Hall–Kier alpha value is -2.06. The van der Waals surface area contributed by atoms with Crippen LogP contribution in [0.5, 0.6) is 5.75 Å². The van der Waals surface area contributed by atoms with E-state index in [2.05, 4.69) is 24.9 Å². The number of imidazole rings is 1. The van der Waals surface area contributed by atoms with Crippen molar-refractivity contribution in [3.8, 4) is 11.8 Å². The minimum absolute atomic E-state index is 0.204. The van der Waals surface area contributed by atoms with Gasteiger partial charge in [-0.2, -0.15) is 5.26 Å². The minimum Gasteiger partial charge on any atom is -0.493 e. The van der Waals surface area contributed by atoms with Gasteiger partial charge in [0.15, 0.2) is 0 Å². The van der Waals surface area contributed by atoms with Crippen LogP contribution in [0, 0.1) is 17.2 Å². The summed E-state index contributed by atoms with van der Waals surface area (Å²) < 4.78 is 7.79. The Balaban J connectivity index is 1.88. The molecule has 1 aliphatic carbocycles. The van der Waals surface area contributed by atoms with Crippen molar-refractivity contribution in [3.63, 3.8) is 0 Å². The van der Waals surface area contributed by atoms with Gasteiger partial charge in [0.2, 0.25) is 0 Å². The molecule has 5 nitrogen and oxygen atoms in total. The minimum atomic E-state index is -0.603. The normalized spacial score (nSPS) is 23.7. The molecular formula is C18H23N3O2. The number of nitriles is 1. The molecular weight excluding hydrogens is 290 g/mol. The van der Waals surface area contributed by atoms with Crippen LogP contribution in [0.4, 0.5) is 0 Å². The van der Waals surface area contributed by atoms with E-state index in [0.717, 1.165) is 17.5 Å². The number of aromatic nitrogens is 2. The SMILES string of the molecule is CC(C)CCOc1cc(C#N)c2c(c1)ncn2[C@H]1C[C@](C)(O)C1. The molecule has 1 aromatic carbocycles. The molecule has 2 aromatic rings. The number of benzene rings is 1. The van der Waals surface area contributed by atoms with Crippen LogP contribution in [-0.4, -0.2) is 26.9 Å². The second kappa shape index (κ2) is 5.86. The third kappa shape index (κ3) is 3.18. The molecule has 1 saturated carbocycles. The second-order valence-electron chi connectivity index (χ2n) is 7.19. The zero-order chi connectivity index (χ0) is 16.6. The molecule has 122 valence electrons. The number of fused-ring (bicyclic) bond motifs is 1. The lowest BCUT2D eigenvalue weighted by Crippen LogP contribution is -2.41. The summed E-state index contributed by atoms with van der Waals surface area (Å²) in [7, 11) is 0. The van der Waals surface area contributed by atoms with Gasteiger partial charge in [-0.1, -0.05) is 13.8 Å². The van der Waals surface area contributed by atoms with E-state index in [1.807, 2.05) is 17.6 Å². The zero-order valence-electron chi connectivity index (χ0n) is 13.9. The van der Waals surface area contributed by atoms with Gasteiger partial charge < -0.3 is 14.4 Å². The fourth-order valence-corrected chi connectivity index (χ4v) is 3.16. The monoisotopic (exact) mass is 313 g/mol. The lowest BCUT2D eigenvalue weighted by Gasteiger charge is -2.41. The number of hydrogen-bond donors (Lipinski definition) is 1. The van der Waals surface area contributed by atoms with E-state index in [0.29, 0.717) is 36.7 Å². The van der Waals surface area contributed by atoms with E-state index in [1.165, 1.54) is 0 Å². The largest absolute Gasteiger partial charge is 0.493 e. The highest BCUT2D eigenvalue weighted by Gasteiger charge is 2.40. The Morgan fingerprint density at radius 2 is 2.22 bits per heavy atom. The van der Waals surface area contributed by atoms with Crippen molar-refractivity contribution in [1.82, 2.24) is 9.55 Å². The van der Waals surface area contributed by atoms with E-state index in [9.17, 15) is 10.4 Å². The van der Waals surface area contributed by atoms with Crippen LogP contribution < -0.4 is 4.74 Å². The van der Waals surface area contributed by atoms with Crippen LogP contribution in [0.25, 0.3) is 11.0 Å². The first kappa shape index (κ1) is 15.8. The molecule has 1 fully saturated rings. The predicted octanol–water partition coefficient (Wildman–Crippen LogP) is 3.42. The van der Waals surface area contributed by atoms with Gasteiger partial charge in [0.1, 0.15) is 11.8 Å². The number of rotatable bonds is 5. The van der Waals surface area contributed by atoms with E-state index in [-0.39, 0.29) is 6.04 Å². The third-order valence-corrected chi connectivity index (χ3v) is 4.47. The van der Waals surface area contributed by atoms with Crippen molar-refractivity contribution >= 4 is 11.0 Å². The first-order chi connectivity index (χ1) is 10.9. The molecule has 5 heteroatoms. The molecule has 1 aliphatic rings. The number of nitrogens with zero attached hydrogens (tertiary/aromatic N) is 3. The van der Waals surface area contributed by atoms with Crippen LogP contribution >= 0.6 is 0 Å². The predicted molar refractivity (Wildman–Crippen MR) is 88.3 cm³/mol. The summed E-state index contributed by atoms with van der Waals surface area (Å²) in [6.45, 7) is 6.79. The van der Waals surface area contributed by atoms with Gasteiger partial charge in [0.25, 0.3) is 0 Å². The summed E-state index contributed by atoms with van der Waals surface area (Å²) in [6.07, 6.45) is 4.13. The summed E-state index contributed by atoms with van der Waals surface area (Å²) in [5.41, 5.74) is 1.58. The molecule has 3 rings (SSSR count). The van der Waals surface area contributed by atoms with Crippen molar-refractivity contribution < 1.29 is 9.84 Å². The summed E-state index contributed by atoms with van der Waals surface area (Å²) in [5.74, 6) is 1.28. The van der Waals surface area contributed by atoms with E-state index < -0.39 is 5.60 Å². The van der Waals surface area contributed by atoms with Crippen LogP contribution in [0.15, 0.2) is 18.5 Å². The highest BCUT2D eigenvalue weighted by molar-refractivity contribution is 5.83. The molecule has 0 radical (unpaired) electrons. The average molecular weight is 313 g/mol. The molecule has 0 spiro atoms. The van der Waals surface area contributed by atoms with Crippen LogP contribution in [0.1, 0.15) is 51.6 Å². The van der Waals surface area contributed by atoms with Crippen LogP contribution in [0.2, 0.25) is 0 Å². The van der Waals surface area contributed by atoms with Crippen molar-refractivity contribution in [1.29, 1.82) is 5.26 Å². The van der Waals surface area contributed by atoms with Crippen molar-refractivity contribution in [2.75, 3.05) is 6.61 Å². The number of hydrogen-bond acceptors (Lipinski definition) is 4. The molecule has 1 aromatic heterocycles. The van der Waals surface area contributed by atoms with E-state index in [4.69, 9.17) is 4.74 Å². The highest BCUT2D eigenvalue weighted by Crippen LogP contribution is 2.42. The lowest BCUT2D eigenvalue weighted by molar-refractivity contribution is -0.0498. The van der Waals surface area contributed by atoms with E-state index >= 15 is 0 Å². The fraction of sp³-hybridized carbons (Fsp3) is 0.556. The molecule has 1 N–H and O–H groups in total. The maximum Gasteiger partial charge on any atom is 0.122 e. The van der Waals surface area contributed by atoms with Crippen molar-refractivity contribution in [2.24, 2.45) is 5.92 Å². The lowest BCUT2D eigenvalue weighted by atomic mass is 9.77.